The molecule has 0 aromatic heterocycles. The van der Waals surface area contributed by atoms with E-state index in [1.807, 2.05) is 0 Å². The molecule has 0 aliphatic carbocycles. The smallest absolute Gasteiger partial charge is 0.106 e. The second-order valence-corrected chi connectivity index (χ2v) is 7.30. The van der Waals surface area contributed by atoms with E-state index in [1.165, 1.54) is 12.5 Å². The highest BCUT2D eigenvalue weighted by Crippen LogP contribution is 2.21. The minimum Gasteiger partial charge on any atom is -0.106 e. The summed E-state index contributed by atoms with van der Waals surface area (Å²) in [4.78, 5) is 0. The van der Waals surface area contributed by atoms with Crippen LogP contribution in [0.2, 0.25) is 6.04 Å². The first-order valence-corrected chi connectivity index (χ1v) is 6.98. The summed E-state index contributed by atoms with van der Waals surface area (Å²) in [5.74, 6) is 0.755. The highest BCUT2D eigenvalue weighted by Gasteiger charge is 2.23. The summed E-state index contributed by atoms with van der Waals surface area (Å²) in [6, 6.07) is 1.21. The molecule has 0 bridgehead atoms. The van der Waals surface area contributed by atoms with Crippen molar-refractivity contribution < 1.29 is 0 Å². The molecule has 0 aliphatic heterocycles. The molecule has 1 heteroatoms. The molecule has 0 radical (unpaired) electrons. The molecule has 0 heterocycles. The summed E-state index contributed by atoms with van der Waals surface area (Å²) in [6.45, 7) is 16.1. The Hall–Kier alpha value is -0.563. The molecule has 0 fully saturated rings. The molecule has 0 aromatic rings. The molecule has 1 unspecified atom stereocenters. The second kappa shape index (κ2) is 5.15. The highest BCUT2D eigenvalue weighted by molar-refractivity contribution is 6.93. The minimum atomic E-state index is -1.51. The Morgan fingerprint density at radius 1 is 1.17 bits per heavy atom. The molecule has 1 atom stereocenters. The van der Waals surface area contributed by atoms with Crippen molar-refractivity contribution in [2.24, 2.45) is 5.92 Å². The van der Waals surface area contributed by atoms with E-state index in [-0.39, 0.29) is 0 Å². The van der Waals surface area contributed by atoms with Crippen LogP contribution in [0, 0.1) is 5.92 Å². The fourth-order valence-electron chi connectivity index (χ4n) is 1.25. The van der Waals surface area contributed by atoms with Gasteiger partial charge in [-0.1, -0.05) is 37.4 Å². The van der Waals surface area contributed by atoms with Gasteiger partial charge in [0.05, 0.1) is 0 Å². The zero-order valence-electron chi connectivity index (χ0n) is 8.34. The normalized spacial score (nSPS) is 13.5. The van der Waals surface area contributed by atoms with Gasteiger partial charge in [0.15, 0.2) is 0 Å². The Bertz CT molecular complexity index is 148. The van der Waals surface area contributed by atoms with Gasteiger partial charge in [0.2, 0.25) is 0 Å². The largest absolute Gasteiger partial charge is 0.124 e. The van der Waals surface area contributed by atoms with Gasteiger partial charge in [0.1, 0.15) is 8.07 Å². The second-order valence-electron chi connectivity index (χ2n) is 3.44. The van der Waals surface area contributed by atoms with Crippen LogP contribution in [0.3, 0.4) is 0 Å². The van der Waals surface area contributed by atoms with E-state index in [0.29, 0.717) is 0 Å². The van der Waals surface area contributed by atoms with Crippen LogP contribution < -0.4 is 0 Å². The zero-order valence-corrected chi connectivity index (χ0v) is 9.34. The van der Waals surface area contributed by atoms with Crippen LogP contribution in [0.5, 0.6) is 0 Å². The van der Waals surface area contributed by atoms with Crippen LogP contribution in [0.4, 0.5) is 0 Å². The molecule has 0 amide bonds. The predicted octanol–water partition coefficient (Wildman–Crippen LogP) is 3.66. The SMILES string of the molecule is C=C[Si](C=C)(C=C)CC(C)CC. The molecule has 0 aliphatic rings. The lowest BCUT2D eigenvalue weighted by atomic mass is 10.2. The first-order chi connectivity index (χ1) is 5.64. The van der Waals surface area contributed by atoms with Gasteiger partial charge in [-0.25, -0.2) is 0 Å². The van der Waals surface area contributed by atoms with Gasteiger partial charge in [0, 0.05) is 0 Å². The Morgan fingerprint density at radius 3 is 1.83 bits per heavy atom. The number of hydrogen-bond acceptors (Lipinski definition) is 0. The van der Waals surface area contributed by atoms with E-state index < -0.39 is 8.07 Å². The molecule has 0 N–H and O–H groups in total. The Balaban J connectivity index is 4.39. The van der Waals surface area contributed by atoms with E-state index in [2.05, 4.69) is 50.7 Å². The molecular formula is C11H20Si. The van der Waals surface area contributed by atoms with Crippen LogP contribution in [-0.2, 0) is 0 Å². The van der Waals surface area contributed by atoms with Crippen LogP contribution in [0.1, 0.15) is 20.3 Å². The van der Waals surface area contributed by atoms with E-state index >= 15 is 0 Å². The van der Waals surface area contributed by atoms with Crippen molar-refractivity contribution in [3.05, 3.63) is 36.8 Å². The topological polar surface area (TPSA) is 0 Å². The quantitative estimate of drug-likeness (QED) is 0.547. The van der Waals surface area contributed by atoms with Crippen molar-refractivity contribution in [2.45, 2.75) is 26.3 Å². The van der Waals surface area contributed by atoms with Gasteiger partial charge in [-0.05, 0) is 12.0 Å². The van der Waals surface area contributed by atoms with Gasteiger partial charge in [-0.15, -0.1) is 19.7 Å². The van der Waals surface area contributed by atoms with Crippen molar-refractivity contribution >= 4 is 8.07 Å². The Labute approximate surface area is 77.7 Å². The van der Waals surface area contributed by atoms with Crippen molar-refractivity contribution in [3.63, 3.8) is 0 Å². The van der Waals surface area contributed by atoms with E-state index in [9.17, 15) is 0 Å². The van der Waals surface area contributed by atoms with Gasteiger partial charge in [0.25, 0.3) is 0 Å². The Morgan fingerprint density at radius 2 is 1.58 bits per heavy atom. The standard InChI is InChI=1S/C11H20Si/c1-6-11(5)10-12(7-2,8-3)9-4/h7-9,11H,2-4,6,10H2,1,5H3. The molecular weight excluding hydrogens is 160 g/mol. The number of rotatable bonds is 6. The number of hydrogen-bond donors (Lipinski definition) is 0. The fourth-order valence-corrected chi connectivity index (χ4v) is 3.74. The van der Waals surface area contributed by atoms with E-state index in [1.54, 1.807) is 0 Å². The summed E-state index contributed by atoms with van der Waals surface area (Å²) in [5, 5.41) is 0. The van der Waals surface area contributed by atoms with E-state index in [0.717, 1.165) is 5.92 Å². The van der Waals surface area contributed by atoms with Crippen molar-refractivity contribution in [1.82, 2.24) is 0 Å². The summed E-state index contributed by atoms with van der Waals surface area (Å²) >= 11 is 0. The summed E-state index contributed by atoms with van der Waals surface area (Å²) < 4.78 is 0. The molecule has 0 nitrogen and oxygen atoms in total. The van der Waals surface area contributed by atoms with Crippen LogP contribution >= 0.6 is 0 Å². The third-order valence-electron chi connectivity index (χ3n) is 2.54. The third-order valence-corrected chi connectivity index (χ3v) is 6.22. The van der Waals surface area contributed by atoms with Crippen molar-refractivity contribution in [2.75, 3.05) is 0 Å². The van der Waals surface area contributed by atoms with Gasteiger partial charge in [-0.2, -0.15) is 0 Å². The van der Waals surface area contributed by atoms with E-state index in [4.69, 9.17) is 0 Å². The molecule has 0 aromatic carbocycles. The molecule has 0 spiro atoms. The first kappa shape index (κ1) is 11.4. The maximum atomic E-state index is 3.88. The summed E-state index contributed by atoms with van der Waals surface area (Å²) in [6.07, 6.45) is 1.23. The summed E-state index contributed by atoms with van der Waals surface area (Å²) in [5.41, 5.74) is 6.21. The lowest BCUT2D eigenvalue weighted by molar-refractivity contribution is 0.619. The minimum absolute atomic E-state index is 0.755. The van der Waals surface area contributed by atoms with Crippen LogP contribution in [0.15, 0.2) is 36.8 Å². The van der Waals surface area contributed by atoms with Gasteiger partial charge in [-0.3, -0.25) is 0 Å². The van der Waals surface area contributed by atoms with Crippen LogP contribution in [0.25, 0.3) is 0 Å². The molecule has 0 saturated heterocycles. The fraction of sp³-hybridized carbons (Fsp3) is 0.455. The van der Waals surface area contributed by atoms with Crippen LogP contribution in [-0.4, -0.2) is 8.07 Å². The molecule has 12 heavy (non-hydrogen) atoms. The summed E-state index contributed by atoms with van der Waals surface area (Å²) in [7, 11) is -1.51. The molecule has 68 valence electrons. The van der Waals surface area contributed by atoms with Gasteiger partial charge >= 0.3 is 0 Å². The average molecular weight is 180 g/mol. The first-order valence-electron chi connectivity index (χ1n) is 4.55. The molecule has 0 saturated carbocycles. The zero-order chi connectivity index (χ0) is 9.61. The third kappa shape index (κ3) is 2.82. The lowest BCUT2D eigenvalue weighted by Gasteiger charge is -2.23. The monoisotopic (exact) mass is 180 g/mol. The molecule has 0 rings (SSSR count). The average Bonchev–Trinajstić information content (AvgIpc) is 2.14. The maximum Gasteiger partial charge on any atom is 0.124 e. The lowest BCUT2D eigenvalue weighted by Crippen LogP contribution is -2.28. The van der Waals surface area contributed by atoms with Gasteiger partial charge < -0.3 is 0 Å². The maximum absolute atomic E-state index is 3.88. The van der Waals surface area contributed by atoms with Crippen molar-refractivity contribution in [1.29, 1.82) is 0 Å². The predicted molar refractivity (Wildman–Crippen MR) is 60.6 cm³/mol. The Kier molecular flexibility index (Phi) is 4.91. The highest BCUT2D eigenvalue weighted by atomic mass is 28.3. The van der Waals surface area contributed by atoms with Crippen molar-refractivity contribution in [3.8, 4) is 0 Å².